The van der Waals surface area contributed by atoms with Crippen molar-refractivity contribution >= 4 is 11.3 Å². The van der Waals surface area contributed by atoms with E-state index >= 15 is 0 Å². The molecular weight excluding hydrogens is 247 g/mol. The van der Waals surface area contributed by atoms with E-state index in [-0.39, 0.29) is 5.82 Å². The van der Waals surface area contributed by atoms with Gasteiger partial charge in [-0.15, -0.1) is 11.3 Å². The fourth-order valence-corrected chi connectivity index (χ4v) is 2.93. The molecule has 0 radical (unpaired) electrons. The lowest BCUT2D eigenvalue weighted by atomic mass is 9.96. The molecule has 1 aromatic carbocycles. The number of hydrogen-bond acceptors (Lipinski definition) is 3. The van der Waals surface area contributed by atoms with Gasteiger partial charge in [0.2, 0.25) is 0 Å². The molecular formula is C14H17FN2S. The van der Waals surface area contributed by atoms with E-state index < -0.39 is 0 Å². The molecule has 0 aliphatic rings. The van der Waals surface area contributed by atoms with Crippen molar-refractivity contribution in [2.75, 3.05) is 6.54 Å². The van der Waals surface area contributed by atoms with Crippen molar-refractivity contribution in [1.82, 2.24) is 4.98 Å². The van der Waals surface area contributed by atoms with Gasteiger partial charge >= 0.3 is 0 Å². The van der Waals surface area contributed by atoms with Gasteiger partial charge in [-0.1, -0.05) is 12.1 Å². The van der Waals surface area contributed by atoms with Crippen molar-refractivity contribution < 1.29 is 4.39 Å². The van der Waals surface area contributed by atoms with Crippen LogP contribution in [0.1, 0.15) is 15.4 Å². The third-order valence-corrected chi connectivity index (χ3v) is 3.84. The van der Waals surface area contributed by atoms with Crippen LogP contribution in [0.15, 0.2) is 30.5 Å². The molecule has 2 aromatic rings. The van der Waals surface area contributed by atoms with E-state index in [0.717, 1.165) is 23.4 Å². The number of aromatic nitrogens is 1. The zero-order valence-corrected chi connectivity index (χ0v) is 11.2. The van der Waals surface area contributed by atoms with Crippen LogP contribution in [0.3, 0.4) is 0 Å². The number of nitrogens with two attached hydrogens (primary N) is 1. The van der Waals surface area contributed by atoms with Crippen LogP contribution in [-0.2, 0) is 12.8 Å². The highest BCUT2D eigenvalue weighted by atomic mass is 32.1. The Bertz CT molecular complexity index is 510. The molecule has 0 aliphatic carbocycles. The van der Waals surface area contributed by atoms with Crippen molar-refractivity contribution in [2.24, 2.45) is 11.7 Å². The van der Waals surface area contributed by atoms with E-state index in [4.69, 9.17) is 5.73 Å². The minimum absolute atomic E-state index is 0.183. The Balaban J connectivity index is 2.01. The highest BCUT2D eigenvalue weighted by molar-refractivity contribution is 7.11. The second-order valence-electron chi connectivity index (χ2n) is 4.49. The predicted octanol–water partition coefficient (Wildman–Crippen LogP) is 2.95. The van der Waals surface area contributed by atoms with Crippen LogP contribution in [0.5, 0.6) is 0 Å². The summed E-state index contributed by atoms with van der Waals surface area (Å²) in [6.45, 7) is 2.60. The van der Waals surface area contributed by atoms with Crippen LogP contribution in [0.25, 0.3) is 0 Å². The zero-order valence-electron chi connectivity index (χ0n) is 10.4. The topological polar surface area (TPSA) is 38.9 Å². The first-order valence-electron chi connectivity index (χ1n) is 6.03. The molecule has 0 fully saturated rings. The number of rotatable bonds is 5. The van der Waals surface area contributed by atoms with Gasteiger partial charge in [0.15, 0.2) is 0 Å². The number of benzene rings is 1. The van der Waals surface area contributed by atoms with Crippen LogP contribution in [0.4, 0.5) is 4.39 Å². The van der Waals surface area contributed by atoms with Crippen molar-refractivity contribution in [3.8, 4) is 0 Å². The van der Waals surface area contributed by atoms with Crippen LogP contribution in [-0.4, -0.2) is 11.5 Å². The van der Waals surface area contributed by atoms with Gasteiger partial charge in [0.1, 0.15) is 5.82 Å². The van der Waals surface area contributed by atoms with Gasteiger partial charge in [-0.2, -0.15) is 0 Å². The average molecular weight is 264 g/mol. The number of aryl methyl sites for hydroxylation is 1. The lowest BCUT2D eigenvalue weighted by Gasteiger charge is -2.13. The Kier molecular flexibility index (Phi) is 4.44. The molecule has 0 saturated carbocycles. The number of nitrogens with zero attached hydrogens (tertiary/aromatic N) is 1. The lowest BCUT2D eigenvalue weighted by Crippen LogP contribution is -2.19. The Hall–Kier alpha value is -1.26. The first-order valence-corrected chi connectivity index (χ1v) is 6.85. The summed E-state index contributed by atoms with van der Waals surface area (Å²) in [5, 5.41) is 1.08. The minimum atomic E-state index is -0.183. The first kappa shape index (κ1) is 13.2. The van der Waals surface area contributed by atoms with Crippen molar-refractivity contribution in [1.29, 1.82) is 0 Å². The maximum absolute atomic E-state index is 13.1. The number of halogens is 1. The molecule has 0 bridgehead atoms. The summed E-state index contributed by atoms with van der Waals surface area (Å²) in [6, 6.07) is 6.74. The standard InChI is InChI=1S/C14H17FN2S/c1-10-17-9-14(18-10)7-12(8-16)5-11-3-2-4-13(15)6-11/h2-4,6,9,12H,5,7-8,16H2,1H3. The fraction of sp³-hybridized carbons (Fsp3) is 0.357. The van der Waals surface area contributed by atoms with Crippen molar-refractivity contribution in [3.05, 3.63) is 51.7 Å². The van der Waals surface area contributed by atoms with E-state index in [9.17, 15) is 4.39 Å². The van der Waals surface area contributed by atoms with Crippen LogP contribution >= 0.6 is 11.3 Å². The van der Waals surface area contributed by atoms with Gasteiger partial charge in [0, 0.05) is 11.1 Å². The molecule has 96 valence electrons. The molecule has 1 unspecified atom stereocenters. The van der Waals surface area contributed by atoms with Gasteiger partial charge in [0.05, 0.1) is 5.01 Å². The number of hydrogen-bond donors (Lipinski definition) is 1. The molecule has 0 saturated heterocycles. The maximum atomic E-state index is 13.1. The molecule has 1 aromatic heterocycles. The van der Waals surface area contributed by atoms with Crippen LogP contribution in [0, 0.1) is 18.7 Å². The maximum Gasteiger partial charge on any atom is 0.123 e. The second-order valence-corrected chi connectivity index (χ2v) is 5.80. The van der Waals surface area contributed by atoms with Crippen LogP contribution < -0.4 is 5.73 Å². The average Bonchev–Trinajstić information content (AvgIpc) is 2.74. The summed E-state index contributed by atoms with van der Waals surface area (Å²) in [7, 11) is 0. The van der Waals surface area contributed by atoms with Gasteiger partial charge in [-0.05, 0) is 49.9 Å². The minimum Gasteiger partial charge on any atom is -0.330 e. The predicted molar refractivity (Wildman–Crippen MR) is 73.2 cm³/mol. The van der Waals surface area contributed by atoms with Gasteiger partial charge in [0.25, 0.3) is 0 Å². The molecule has 1 heterocycles. The van der Waals surface area contributed by atoms with Crippen molar-refractivity contribution in [2.45, 2.75) is 19.8 Å². The third-order valence-electron chi connectivity index (χ3n) is 2.91. The van der Waals surface area contributed by atoms with Gasteiger partial charge in [-0.3, -0.25) is 0 Å². The Labute approximate surface area is 111 Å². The lowest BCUT2D eigenvalue weighted by molar-refractivity contribution is 0.534. The van der Waals surface area contributed by atoms with Gasteiger partial charge in [-0.25, -0.2) is 9.37 Å². The summed E-state index contributed by atoms with van der Waals surface area (Å²) < 4.78 is 13.1. The fourth-order valence-electron chi connectivity index (χ4n) is 2.02. The summed E-state index contributed by atoms with van der Waals surface area (Å²) in [6.07, 6.45) is 3.64. The Morgan fingerprint density at radius 3 is 2.83 bits per heavy atom. The second kappa shape index (κ2) is 6.07. The van der Waals surface area contributed by atoms with Crippen molar-refractivity contribution in [3.63, 3.8) is 0 Å². The van der Waals surface area contributed by atoms with E-state index in [1.54, 1.807) is 23.5 Å². The summed E-state index contributed by atoms with van der Waals surface area (Å²) >= 11 is 1.70. The Morgan fingerprint density at radius 2 is 2.22 bits per heavy atom. The van der Waals surface area contributed by atoms with E-state index in [2.05, 4.69) is 4.98 Å². The molecule has 0 aliphatic heterocycles. The molecule has 2 N–H and O–H groups in total. The van der Waals surface area contributed by atoms with E-state index in [1.807, 2.05) is 19.2 Å². The molecule has 0 amide bonds. The highest BCUT2D eigenvalue weighted by Gasteiger charge is 2.11. The monoisotopic (exact) mass is 264 g/mol. The number of thiazole rings is 1. The quantitative estimate of drug-likeness (QED) is 0.901. The summed E-state index contributed by atoms with van der Waals surface area (Å²) in [4.78, 5) is 5.49. The molecule has 2 rings (SSSR count). The molecule has 18 heavy (non-hydrogen) atoms. The highest BCUT2D eigenvalue weighted by Crippen LogP contribution is 2.19. The molecule has 1 atom stereocenters. The first-order chi connectivity index (χ1) is 8.67. The smallest absolute Gasteiger partial charge is 0.123 e. The zero-order chi connectivity index (χ0) is 13.0. The molecule has 0 spiro atoms. The van der Waals surface area contributed by atoms with E-state index in [1.165, 1.54) is 10.9 Å². The summed E-state index contributed by atoms with van der Waals surface area (Å²) in [5.74, 6) is 0.156. The third kappa shape index (κ3) is 3.62. The molecule has 4 heteroatoms. The SMILES string of the molecule is Cc1ncc(CC(CN)Cc2cccc(F)c2)s1. The van der Waals surface area contributed by atoms with Gasteiger partial charge < -0.3 is 5.73 Å². The Morgan fingerprint density at radius 1 is 1.39 bits per heavy atom. The largest absolute Gasteiger partial charge is 0.330 e. The summed E-state index contributed by atoms with van der Waals surface area (Å²) in [5.41, 5.74) is 6.81. The normalized spacial score (nSPS) is 12.6. The molecule has 2 nitrogen and oxygen atoms in total. The van der Waals surface area contributed by atoms with Crippen LogP contribution in [0.2, 0.25) is 0 Å². The van der Waals surface area contributed by atoms with E-state index in [0.29, 0.717) is 12.5 Å².